The Morgan fingerprint density at radius 1 is 1.36 bits per heavy atom. The molecule has 0 aliphatic carbocycles. The summed E-state index contributed by atoms with van der Waals surface area (Å²) in [7, 11) is 0. The van der Waals surface area contributed by atoms with Crippen molar-refractivity contribution < 1.29 is 4.79 Å². The second-order valence-corrected chi connectivity index (χ2v) is 7.17. The molecule has 2 N–H and O–H groups in total. The van der Waals surface area contributed by atoms with Crippen LogP contribution in [0, 0.1) is 0 Å². The molecule has 1 atom stereocenters. The fourth-order valence-corrected chi connectivity index (χ4v) is 4.30. The average molecular weight is 357 g/mol. The van der Waals surface area contributed by atoms with Crippen LogP contribution in [0.25, 0.3) is 10.2 Å². The molecule has 1 aromatic carbocycles. The first-order valence-electron chi connectivity index (χ1n) is 8.38. The first kappa shape index (κ1) is 16.1. The molecule has 1 fully saturated rings. The lowest BCUT2D eigenvalue weighted by atomic mass is 10.0. The van der Waals surface area contributed by atoms with Gasteiger partial charge in [-0.3, -0.25) is 9.69 Å². The molecule has 9 heteroatoms. The molecule has 130 valence electrons. The van der Waals surface area contributed by atoms with Gasteiger partial charge in [0.15, 0.2) is 5.82 Å². The van der Waals surface area contributed by atoms with Gasteiger partial charge < -0.3 is 5.32 Å². The molecule has 1 saturated heterocycles. The van der Waals surface area contributed by atoms with E-state index in [9.17, 15) is 4.79 Å². The van der Waals surface area contributed by atoms with Crippen molar-refractivity contribution >= 4 is 27.5 Å². The van der Waals surface area contributed by atoms with Crippen LogP contribution in [0.15, 0.2) is 24.3 Å². The molecule has 1 unspecified atom stereocenters. The number of nitrogens with zero attached hydrogens (tertiary/aromatic N) is 5. The fraction of sp³-hybridized carbons (Fsp3) is 0.438. The Kier molecular flexibility index (Phi) is 4.66. The smallest absolute Gasteiger partial charge is 0.234 e. The van der Waals surface area contributed by atoms with Crippen molar-refractivity contribution in [3.63, 3.8) is 0 Å². The minimum Gasteiger partial charge on any atom is -0.348 e. The molecule has 3 aromatic rings. The number of carbonyl (C=O) groups excluding carboxylic acids is 1. The first-order chi connectivity index (χ1) is 12.3. The Hall–Kier alpha value is -2.39. The summed E-state index contributed by atoms with van der Waals surface area (Å²) in [6, 6.07) is 8.40. The predicted molar refractivity (Wildman–Crippen MR) is 93.8 cm³/mol. The Morgan fingerprint density at radius 3 is 3.12 bits per heavy atom. The van der Waals surface area contributed by atoms with E-state index in [4.69, 9.17) is 4.98 Å². The van der Waals surface area contributed by atoms with Gasteiger partial charge in [-0.1, -0.05) is 23.8 Å². The lowest BCUT2D eigenvalue weighted by Crippen LogP contribution is -2.41. The van der Waals surface area contributed by atoms with E-state index in [1.54, 1.807) is 11.3 Å². The Balaban J connectivity index is 1.44. The van der Waals surface area contributed by atoms with Crippen molar-refractivity contribution in [2.45, 2.75) is 31.8 Å². The highest BCUT2D eigenvalue weighted by atomic mass is 32.1. The topological polar surface area (TPSA) is 99.7 Å². The van der Waals surface area contributed by atoms with Crippen molar-refractivity contribution in [2.75, 3.05) is 13.1 Å². The summed E-state index contributed by atoms with van der Waals surface area (Å²) in [5, 5.41) is 17.5. The molecule has 0 spiro atoms. The number of H-pyrrole nitrogens is 1. The minimum atomic E-state index is -0.0298. The number of hydrogen-bond acceptors (Lipinski definition) is 7. The van der Waals surface area contributed by atoms with Crippen LogP contribution in [0.3, 0.4) is 0 Å². The Morgan fingerprint density at radius 2 is 2.28 bits per heavy atom. The zero-order valence-corrected chi connectivity index (χ0v) is 14.5. The largest absolute Gasteiger partial charge is 0.348 e. The number of benzene rings is 1. The van der Waals surface area contributed by atoms with Crippen molar-refractivity contribution in [1.82, 2.24) is 35.8 Å². The van der Waals surface area contributed by atoms with Crippen LogP contribution >= 0.6 is 11.3 Å². The van der Waals surface area contributed by atoms with Gasteiger partial charge in [-0.25, -0.2) is 4.98 Å². The van der Waals surface area contributed by atoms with E-state index in [0.29, 0.717) is 12.4 Å². The Bertz CT molecular complexity index is 814. The summed E-state index contributed by atoms with van der Waals surface area (Å²) in [6.45, 7) is 1.56. The van der Waals surface area contributed by atoms with E-state index >= 15 is 0 Å². The van der Waals surface area contributed by atoms with Gasteiger partial charge in [0.25, 0.3) is 0 Å². The monoisotopic (exact) mass is 357 g/mol. The summed E-state index contributed by atoms with van der Waals surface area (Å²) in [4.78, 5) is 19.3. The number of aromatic nitrogens is 5. The SMILES string of the molecule is O=C(CN1CCCCC1c1nc2ccccc2s1)NCc1nn[nH]n1. The maximum Gasteiger partial charge on any atom is 0.234 e. The maximum absolute atomic E-state index is 12.3. The van der Waals surface area contributed by atoms with Crippen LogP contribution in [0.4, 0.5) is 0 Å². The molecule has 4 rings (SSSR count). The number of piperidine rings is 1. The normalized spacial score (nSPS) is 18.5. The molecular formula is C16H19N7OS. The number of rotatable bonds is 5. The standard InChI is InChI=1S/C16H19N7OS/c24-15(17-9-14-19-21-22-20-14)10-23-8-4-3-6-12(23)16-18-11-5-1-2-7-13(11)25-16/h1-2,5,7,12H,3-4,6,8-10H2,(H,17,24)(H,19,20,21,22). The van der Waals surface area contributed by atoms with Crippen LogP contribution in [-0.2, 0) is 11.3 Å². The highest BCUT2D eigenvalue weighted by Crippen LogP contribution is 2.35. The third-order valence-corrected chi connectivity index (χ3v) is 5.53. The zero-order valence-electron chi connectivity index (χ0n) is 13.7. The van der Waals surface area contributed by atoms with Crippen LogP contribution in [0.5, 0.6) is 0 Å². The molecule has 3 heterocycles. The van der Waals surface area contributed by atoms with Gasteiger partial charge >= 0.3 is 0 Å². The van der Waals surface area contributed by atoms with Crippen molar-refractivity contribution in [3.05, 3.63) is 35.1 Å². The van der Waals surface area contributed by atoms with Crippen molar-refractivity contribution in [3.8, 4) is 0 Å². The van der Waals surface area contributed by atoms with Gasteiger partial charge in [0.2, 0.25) is 5.91 Å². The fourth-order valence-electron chi connectivity index (χ4n) is 3.17. The molecule has 8 nitrogen and oxygen atoms in total. The van der Waals surface area contributed by atoms with Gasteiger partial charge in [0.05, 0.1) is 29.3 Å². The number of aromatic amines is 1. The molecule has 0 radical (unpaired) electrons. The van der Waals surface area contributed by atoms with Crippen LogP contribution in [0.2, 0.25) is 0 Å². The first-order valence-corrected chi connectivity index (χ1v) is 9.20. The molecule has 25 heavy (non-hydrogen) atoms. The molecule has 1 amide bonds. The predicted octanol–water partition coefficient (Wildman–Crippen LogP) is 1.65. The molecular weight excluding hydrogens is 338 g/mol. The summed E-state index contributed by atoms with van der Waals surface area (Å²) < 4.78 is 1.20. The zero-order chi connectivity index (χ0) is 17.1. The summed E-state index contributed by atoms with van der Waals surface area (Å²) in [6.07, 6.45) is 3.32. The number of hydrogen-bond donors (Lipinski definition) is 2. The number of fused-ring (bicyclic) bond motifs is 1. The maximum atomic E-state index is 12.3. The molecule has 0 saturated carbocycles. The number of amides is 1. The van der Waals surface area contributed by atoms with Gasteiger partial charge in [-0.05, 0) is 31.5 Å². The number of para-hydroxylation sites is 1. The molecule has 0 bridgehead atoms. The van der Waals surface area contributed by atoms with Crippen molar-refractivity contribution in [1.29, 1.82) is 0 Å². The molecule has 1 aliphatic heterocycles. The number of nitrogens with one attached hydrogen (secondary N) is 2. The third-order valence-electron chi connectivity index (χ3n) is 4.39. The summed E-state index contributed by atoms with van der Waals surface area (Å²) in [5.74, 6) is 0.451. The van der Waals surface area contributed by atoms with E-state index in [1.165, 1.54) is 11.1 Å². The number of carbonyl (C=O) groups is 1. The van der Waals surface area contributed by atoms with Gasteiger partial charge in [-0.15, -0.1) is 21.5 Å². The van der Waals surface area contributed by atoms with E-state index in [-0.39, 0.29) is 18.5 Å². The number of thiazole rings is 1. The lowest BCUT2D eigenvalue weighted by Gasteiger charge is -2.33. The highest BCUT2D eigenvalue weighted by molar-refractivity contribution is 7.18. The van der Waals surface area contributed by atoms with Crippen LogP contribution in [-0.4, -0.2) is 49.5 Å². The van der Waals surface area contributed by atoms with E-state index in [2.05, 4.69) is 36.9 Å². The average Bonchev–Trinajstić information content (AvgIpc) is 3.30. The number of tetrazole rings is 1. The second kappa shape index (κ2) is 7.24. The summed E-state index contributed by atoms with van der Waals surface area (Å²) in [5.41, 5.74) is 1.04. The summed E-state index contributed by atoms with van der Waals surface area (Å²) >= 11 is 1.73. The van der Waals surface area contributed by atoms with Gasteiger partial charge in [-0.2, -0.15) is 5.21 Å². The van der Waals surface area contributed by atoms with E-state index in [0.717, 1.165) is 29.9 Å². The lowest BCUT2D eigenvalue weighted by molar-refractivity contribution is -0.123. The second-order valence-electron chi connectivity index (χ2n) is 6.11. The molecule has 2 aromatic heterocycles. The van der Waals surface area contributed by atoms with E-state index in [1.807, 2.05) is 18.2 Å². The van der Waals surface area contributed by atoms with E-state index < -0.39 is 0 Å². The number of likely N-dealkylation sites (tertiary alicyclic amines) is 1. The quantitative estimate of drug-likeness (QED) is 0.720. The van der Waals surface area contributed by atoms with Crippen LogP contribution in [0.1, 0.15) is 36.1 Å². The van der Waals surface area contributed by atoms with Crippen LogP contribution < -0.4 is 5.32 Å². The Labute approximate surface area is 148 Å². The molecule has 1 aliphatic rings. The minimum absolute atomic E-state index is 0.0298. The van der Waals surface area contributed by atoms with Crippen molar-refractivity contribution in [2.24, 2.45) is 0 Å². The van der Waals surface area contributed by atoms with Gasteiger partial charge in [0, 0.05) is 0 Å². The third kappa shape index (κ3) is 3.67. The van der Waals surface area contributed by atoms with Gasteiger partial charge in [0.1, 0.15) is 5.01 Å². The highest BCUT2D eigenvalue weighted by Gasteiger charge is 2.28.